The van der Waals surface area contributed by atoms with Gasteiger partial charge in [0.15, 0.2) is 0 Å². The van der Waals surface area contributed by atoms with E-state index in [1.54, 1.807) is 36.3 Å². The van der Waals surface area contributed by atoms with Gasteiger partial charge in [-0.15, -0.1) is 11.3 Å². The summed E-state index contributed by atoms with van der Waals surface area (Å²) in [6, 6.07) is 10.0. The summed E-state index contributed by atoms with van der Waals surface area (Å²) >= 11 is 1.47. The molecule has 0 spiro atoms. The number of ketones is 1. The van der Waals surface area contributed by atoms with Gasteiger partial charge in [-0.05, 0) is 42.1 Å². The monoisotopic (exact) mass is 442 g/mol. The van der Waals surface area contributed by atoms with E-state index in [1.807, 2.05) is 17.5 Å². The van der Waals surface area contributed by atoms with Crippen LogP contribution in [-0.4, -0.2) is 73.1 Å². The van der Waals surface area contributed by atoms with Crippen molar-refractivity contribution in [3.63, 3.8) is 0 Å². The third kappa shape index (κ3) is 4.51. The number of amides is 1. The molecule has 0 aliphatic carbocycles. The van der Waals surface area contributed by atoms with E-state index in [4.69, 9.17) is 9.47 Å². The molecule has 1 aromatic heterocycles. The molecular formula is C23H26N2O5S. The molecule has 0 radical (unpaired) electrons. The molecule has 4 rings (SSSR count). The number of hydrogen-bond acceptors (Lipinski definition) is 7. The average molecular weight is 443 g/mol. The van der Waals surface area contributed by atoms with Crippen LogP contribution >= 0.6 is 11.3 Å². The van der Waals surface area contributed by atoms with Gasteiger partial charge in [0.1, 0.15) is 11.5 Å². The molecule has 2 aliphatic rings. The molecule has 2 aliphatic heterocycles. The van der Waals surface area contributed by atoms with Gasteiger partial charge < -0.3 is 19.5 Å². The van der Waals surface area contributed by atoms with Crippen molar-refractivity contribution < 1.29 is 24.2 Å². The highest BCUT2D eigenvalue weighted by Gasteiger charge is 2.46. The Labute approximate surface area is 185 Å². The third-order valence-corrected chi connectivity index (χ3v) is 6.62. The van der Waals surface area contributed by atoms with Gasteiger partial charge in [-0.1, -0.05) is 6.07 Å². The lowest BCUT2D eigenvalue weighted by atomic mass is 10.00. The molecule has 3 heterocycles. The number of aliphatic hydroxyl groups is 1. The lowest BCUT2D eigenvalue weighted by Gasteiger charge is -2.28. The summed E-state index contributed by atoms with van der Waals surface area (Å²) in [7, 11) is 1.56. The van der Waals surface area contributed by atoms with Crippen molar-refractivity contribution in [2.24, 2.45) is 0 Å². The van der Waals surface area contributed by atoms with E-state index >= 15 is 0 Å². The van der Waals surface area contributed by atoms with Gasteiger partial charge in [0, 0.05) is 36.6 Å². The molecule has 0 unspecified atom stereocenters. The highest BCUT2D eigenvalue weighted by molar-refractivity contribution is 7.10. The number of ether oxygens (including phenoxy) is 2. The van der Waals surface area contributed by atoms with Gasteiger partial charge in [0.2, 0.25) is 0 Å². The van der Waals surface area contributed by atoms with Crippen molar-refractivity contribution >= 4 is 28.8 Å². The van der Waals surface area contributed by atoms with Gasteiger partial charge >= 0.3 is 0 Å². The second-order valence-corrected chi connectivity index (χ2v) is 8.52. The highest BCUT2D eigenvalue weighted by Crippen LogP contribution is 2.41. The van der Waals surface area contributed by atoms with Crippen molar-refractivity contribution in [2.45, 2.75) is 12.5 Å². The smallest absolute Gasteiger partial charge is 0.295 e. The molecule has 0 saturated carbocycles. The van der Waals surface area contributed by atoms with Gasteiger partial charge in [-0.25, -0.2) is 0 Å². The number of nitrogens with zero attached hydrogens (tertiary/aromatic N) is 2. The first-order chi connectivity index (χ1) is 15.1. The number of Topliss-reactive ketones (excluding diaryl/α,β-unsaturated/α-hetero) is 1. The molecule has 164 valence electrons. The Morgan fingerprint density at radius 2 is 1.90 bits per heavy atom. The first kappa shape index (κ1) is 21.5. The van der Waals surface area contributed by atoms with E-state index in [2.05, 4.69) is 4.90 Å². The van der Waals surface area contributed by atoms with Crippen LogP contribution in [0.5, 0.6) is 5.75 Å². The molecule has 1 aromatic carbocycles. The van der Waals surface area contributed by atoms with Crippen molar-refractivity contribution in [3.05, 3.63) is 57.8 Å². The summed E-state index contributed by atoms with van der Waals surface area (Å²) in [6.07, 6.45) is 0.747. The van der Waals surface area contributed by atoms with Crippen molar-refractivity contribution in [3.8, 4) is 5.75 Å². The quantitative estimate of drug-likeness (QED) is 0.404. The van der Waals surface area contributed by atoms with E-state index < -0.39 is 17.7 Å². The first-order valence-electron chi connectivity index (χ1n) is 10.4. The summed E-state index contributed by atoms with van der Waals surface area (Å²) < 4.78 is 10.5. The zero-order valence-corrected chi connectivity index (χ0v) is 18.3. The van der Waals surface area contributed by atoms with E-state index in [1.165, 1.54) is 11.3 Å². The predicted octanol–water partition coefficient (Wildman–Crippen LogP) is 2.90. The summed E-state index contributed by atoms with van der Waals surface area (Å²) in [5.41, 5.74) is 0.623. The molecule has 31 heavy (non-hydrogen) atoms. The Morgan fingerprint density at radius 1 is 1.16 bits per heavy atom. The van der Waals surface area contributed by atoms with Crippen LogP contribution < -0.4 is 4.74 Å². The van der Waals surface area contributed by atoms with Crippen LogP contribution in [0.3, 0.4) is 0 Å². The number of morpholine rings is 1. The van der Waals surface area contributed by atoms with E-state index in [0.29, 0.717) is 17.9 Å². The van der Waals surface area contributed by atoms with Crippen LogP contribution in [0, 0.1) is 0 Å². The minimum absolute atomic E-state index is 0.143. The fourth-order valence-electron chi connectivity index (χ4n) is 4.05. The van der Waals surface area contributed by atoms with Crippen molar-refractivity contribution in [1.29, 1.82) is 0 Å². The summed E-state index contributed by atoms with van der Waals surface area (Å²) in [5.74, 6) is -0.710. The molecular weight excluding hydrogens is 416 g/mol. The third-order valence-electron chi connectivity index (χ3n) is 5.69. The molecule has 2 saturated heterocycles. The fraction of sp³-hybridized carbons (Fsp3) is 0.391. The first-order valence-corrected chi connectivity index (χ1v) is 11.2. The molecule has 2 fully saturated rings. The maximum absolute atomic E-state index is 13.0. The summed E-state index contributed by atoms with van der Waals surface area (Å²) in [5, 5.41) is 12.9. The van der Waals surface area contributed by atoms with Crippen LogP contribution in [0.4, 0.5) is 0 Å². The Hall–Kier alpha value is -2.68. The Morgan fingerprint density at radius 3 is 2.55 bits per heavy atom. The van der Waals surface area contributed by atoms with Crippen molar-refractivity contribution in [1.82, 2.24) is 9.80 Å². The number of benzene rings is 1. The molecule has 1 atom stereocenters. The molecule has 2 aromatic rings. The number of thiophene rings is 1. The summed E-state index contributed by atoms with van der Waals surface area (Å²) in [6.45, 7) is 4.49. The second-order valence-electron chi connectivity index (χ2n) is 7.54. The minimum atomic E-state index is -0.641. The topological polar surface area (TPSA) is 79.3 Å². The number of carbonyl (C=O) groups excluding carboxylic acids is 2. The Kier molecular flexibility index (Phi) is 6.70. The number of carbonyl (C=O) groups is 2. The van der Waals surface area contributed by atoms with Crippen molar-refractivity contribution in [2.75, 3.05) is 46.5 Å². The fourth-order valence-corrected chi connectivity index (χ4v) is 4.89. The van der Waals surface area contributed by atoms with Crippen LogP contribution in [0.1, 0.15) is 22.9 Å². The van der Waals surface area contributed by atoms with Gasteiger partial charge in [0.05, 0.1) is 31.9 Å². The molecule has 0 bridgehead atoms. The summed E-state index contributed by atoms with van der Waals surface area (Å²) in [4.78, 5) is 30.7. The zero-order valence-electron chi connectivity index (χ0n) is 17.5. The van der Waals surface area contributed by atoms with Crippen LogP contribution in [0.25, 0.3) is 5.76 Å². The lowest BCUT2D eigenvalue weighted by molar-refractivity contribution is -0.140. The largest absolute Gasteiger partial charge is 0.507 e. The van der Waals surface area contributed by atoms with Gasteiger partial charge in [0.25, 0.3) is 11.7 Å². The SMILES string of the molecule is COc1ccc(C(O)=C2C(=O)C(=O)N(CCCN3CCOCC3)[C@H]2c2cccs2)cc1. The lowest BCUT2D eigenvalue weighted by Crippen LogP contribution is -2.38. The number of likely N-dealkylation sites (tertiary alicyclic amines) is 1. The number of hydrogen-bond donors (Lipinski definition) is 1. The van der Waals surface area contributed by atoms with Gasteiger partial charge in [-0.3, -0.25) is 14.5 Å². The van der Waals surface area contributed by atoms with Crippen LogP contribution in [0.15, 0.2) is 47.4 Å². The van der Waals surface area contributed by atoms with Crippen LogP contribution in [0.2, 0.25) is 0 Å². The Bertz CT molecular complexity index is 949. The van der Waals surface area contributed by atoms with E-state index in [0.717, 1.165) is 44.1 Å². The maximum Gasteiger partial charge on any atom is 0.295 e. The number of rotatable bonds is 7. The number of methoxy groups -OCH3 is 1. The molecule has 8 heteroatoms. The minimum Gasteiger partial charge on any atom is -0.507 e. The highest BCUT2D eigenvalue weighted by atomic mass is 32.1. The number of aliphatic hydroxyl groups excluding tert-OH is 1. The predicted molar refractivity (Wildman–Crippen MR) is 118 cm³/mol. The Balaban J connectivity index is 1.61. The molecule has 1 N–H and O–H groups in total. The molecule has 1 amide bonds. The normalized spacial score (nSPS) is 21.6. The standard InChI is InChI=1S/C23H26N2O5S/c1-29-17-7-5-16(6-8-17)21(26)19-20(18-4-2-15-31-18)25(23(28)22(19)27)10-3-9-24-11-13-30-14-12-24/h2,4-8,15,20,26H,3,9-14H2,1H3/t20-/m0/s1. The maximum atomic E-state index is 13.0. The second kappa shape index (κ2) is 9.64. The van der Waals surface area contributed by atoms with E-state index in [-0.39, 0.29) is 11.3 Å². The zero-order chi connectivity index (χ0) is 21.8. The molecule has 7 nitrogen and oxygen atoms in total. The van der Waals surface area contributed by atoms with E-state index in [9.17, 15) is 14.7 Å². The van der Waals surface area contributed by atoms with Gasteiger partial charge in [-0.2, -0.15) is 0 Å². The average Bonchev–Trinajstić information content (AvgIpc) is 3.42. The van der Waals surface area contributed by atoms with Crippen LogP contribution in [-0.2, 0) is 14.3 Å².